The number of halogens is 1. The van der Waals surface area contributed by atoms with Crippen molar-refractivity contribution >= 4 is 23.4 Å². The minimum Gasteiger partial charge on any atom is -0.497 e. The van der Waals surface area contributed by atoms with Crippen molar-refractivity contribution in [3.05, 3.63) is 59.1 Å². The SMILES string of the molecule is CCNC(=O)[C@@H](CC)N(Cc1ccccc1Cl)C(=O)COc1ccc(OC)cc1. The average Bonchev–Trinajstić information content (AvgIpc) is 2.73. The van der Waals surface area contributed by atoms with E-state index in [-0.39, 0.29) is 25.0 Å². The number of carbonyl (C=O) groups is 2. The molecule has 0 spiro atoms. The third-order valence-electron chi connectivity index (χ3n) is 4.46. The van der Waals surface area contributed by atoms with Gasteiger partial charge in [-0.1, -0.05) is 36.7 Å². The summed E-state index contributed by atoms with van der Waals surface area (Å²) in [7, 11) is 1.58. The van der Waals surface area contributed by atoms with Crippen molar-refractivity contribution in [2.24, 2.45) is 0 Å². The Morgan fingerprint density at radius 2 is 1.72 bits per heavy atom. The molecule has 0 aliphatic rings. The fourth-order valence-corrected chi connectivity index (χ4v) is 3.12. The van der Waals surface area contributed by atoms with Gasteiger partial charge in [0.2, 0.25) is 5.91 Å². The molecule has 0 radical (unpaired) electrons. The smallest absolute Gasteiger partial charge is 0.261 e. The van der Waals surface area contributed by atoms with Crippen molar-refractivity contribution < 1.29 is 19.1 Å². The quantitative estimate of drug-likeness (QED) is 0.639. The fraction of sp³-hybridized carbons (Fsp3) is 0.364. The van der Waals surface area contributed by atoms with Crippen molar-refractivity contribution in [3.8, 4) is 11.5 Å². The molecular formula is C22H27ClN2O4. The van der Waals surface area contributed by atoms with E-state index < -0.39 is 6.04 Å². The van der Waals surface area contributed by atoms with Gasteiger partial charge < -0.3 is 19.7 Å². The molecule has 6 nitrogen and oxygen atoms in total. The molecule has 0 bridgehead atoms. The number of amides is 2. The number of hydrogen-bond donors (Lipinski definition) is 1. The van der Waals surface area contributed by atoms with Gasteiger partial charge in [0.25, 0.3) is 5.91 Å². The van der Waals surface area contributed by atoms with Gasteiger partial charge in [-0.3, -0.25) is 9.59 Å². The number of benzene rings is 2. The number of hydrogen-bond acceptors (Lipinski definition) is 4. The van der Waals surface area contributed by atoms with Crippen LogP contribution in [0.1, 0.15) is 25.8 Å². The zero-order valence-electron chi connectivity index (χ0n) is 17.0. The van der Waals surface area contributed by atoms with Crippen LogP contribution in [0, 0.1) is 0 Å². The molecule has 0 aromatic heterocycles. The van der Waals surface area contributed by atoms with Gasteiger partial charge in [0.1, 0.15) is 17.5 Å². The number of ether oxygens (including phenoxy) is 2. The van der Waals surface area contributed by atoms with Crippen molar-refractivity contribution in [3.63, 3.8) is 0 Å². The highest BCUT2D eigenvalue weighted by molar-refractivity contribution is 6.31. The minimum atomic E-state index is -0.613. The highest BCUT2D eigenvalue weighted by Crippen LogP contribution is 2.21. The molecule has 2 aromatic carbocycles. The first kappa shape index (κ1) is 22.6. The zero-order valence-corrected chi connectivity index (χ0v) is 17.7. The van der Waals surface area contributed by atoms with Gasteiger partial charge in [-0.15, -0.1) is 0 Å². The summed E-state index contributed by atoms with van der Waals surface area (Å²) in [6, 6.07) is 13.6. The molecule has 0 aliphatic carbocycles. The Balaban J connectivity index is 2.18. The van der Waals surface area contributed by atoms with Gasteiger partial charge in [-0.2, -0.15) is 0 Å². The lowest BCUT2D eigenvalue weighted by molar-refractivity contribution is -0.142. The maximum Gasteiger partial charge on any atom is 0.261 e. The molecule has 1 N–H and O–H groups in total. The van der Waals surface area contributed by atoms with Crippen molar-refractivity contribution in [1.29, 1.82) is 0 Å². The molecule has 0 saturated carbocycles. The topological polar surface area (TPSA) is 67.9 Å². The normalized spacial score (nSPS) is 11.4. The number of nitrogens with one attached hydrogen (secondary N) is 1. The predicted molar refractivity (Wildman–Crippen MR) is 113 cm³/mol. The lowest BCUT2D eigenvalue weighted by Gasteiger charge is -2.30. The summed E-state index contributed by atoms with van der Waals surface area (Å²) in [5, 5.41) is 3.35. The fourth-order valence-electron chi connectivity index (χ4n) is 2.92. The van der Waals surface area contributed by atoms with Gasteiger partial charge >= 0.3 is 0 Å². The van der Waals surface area contributed by atoms with Gasteiger partial charge in [0, 0.05) is 18.1 Å². The first-order valence-electron chi connectivity index (χ1n) is 9.57. The van der Waals surface area contributed by atoms with Crippen LogP contribution >= 0.6 is 11.6 Å². The summed E-state index contributed by atoms with van der Waals surface area (Å²) in [5.74, 6) is 0.757. The molecule has 2 aromatic rings. The Kier molecular flexibility index (Phi) is 8.80. The number of carbonyl (C=O) groups excluding carboxylic acids is 2. The molecule has 7 heteroatoms. The van der Waals surface area contributed by atoms with E-state index in [1.165, 1.54) is 4.90 Å². The molecule has 0 saturated heterocycles. The Hall–Kier alpha value is -2.73. The highest BCUT2D eigenvalue weighted by Gasteiger charge is 2.29. The van der Waals surface area contributed by atoms with Crippen LogP contribution in [0.5, 0.6) is 11.5 Å². The van der Waals surface area contributed by atoms with Crippen LogP contribution in [0.4, 0.5) is 0 Å². The third-order valence-corrected chi connectivity index (χ3v) is 4.83. The molecular weight excluding hydrogens is 392 g/mol. The number of rotatable bonds is 10. The largest absolute Gasteiger partial charge is 0.497 e. The first-order chi connectivity index (χ1) is 14.0. The molecule has 0 aliphatic heterocycles. The lowest BCUT2D eigenvalue weighted by atomic mass is 10.1. The number of likely N-dealkylation sites (N-methyl/N-ethyl adjacent to an activating group) is 1. The van der Waals surface area contributed by atoms with E-state index in [0.29, 0.717) is 29.5 Å². The molecule has 29 heavy (non-hydrogen) atoms. The van der Waals surface area contributed by atoms with Crippen molar-refractivity contribution in [2.75, 3.05) is 20.3 Å². The van der Waals surface area contributed by atoms with Crippen LogP contribution < -0.4 is 14.8 Å². The maximum atomic E-state index is 13.0. The first-order valence-corrected chi connectivity index (χ1v) is 9.95. The van der Waals surface area contributed by atoms with E-state index in [1.807, 2.05) is 32.0 Å². The summed E-state index contributed by atoms with van der Waals surface area (Å²) >= 11 is 6.28. The van der Waals surface area contributed by atoms with Crippen LogP contribution in [0.15, 0.2) is 48.5 Å². The van der Waals surface area contributed by atoms with Crippen LogP contribution in [-0.2, 0) is 16.1 Å². The van der Waals surface area contributed by atoms with E-state index in [2.05, 4.69) is 5.32 Å². The molecule has 0 unspecified atom stereocenters. The van der Waals surface area contributed by atoms with Crippen molar-refractivity contribution in [2.45, 2.75) is 32.9 Å². The van der Waals surface area contributed by atoms with E-state index in [0.717, 1.165) is 5.56 Å². The van der Waals surface area contributed by atoms with Gasteiger partial charge in [0.15, 0.2) is 6.61 Å². The van der Waals surface area contributed by atoms with Crippen LogP contribution in [0.2, 0.25) is 5.02 Å². The Labute approximate surface area is 176 Å². The second-order valence-corrected chi connectivity index (χ2v) is 6.80. The Bertz CT molecular complexity index is 811. The Morgan fingerprint density at radius 1 is 1.07 bits per heavy atom. The van der Waals surface area contributed by atoms with Gasteiger partial charge in [-0.05, 0) is 49.2 Å². The molecule has 0 fully saturated rings. The highest BCUT2D eigenvalue weighted by atomic mass is 35.5. The number of methoxy groups -OCH3 is 1. The summed E-state index contributed by atoms with van der Waals surface area (Å²) in [5.41, 5.74) is 0.773. The zero-order chi connectivity index (χ0) is 21.2. The third kappa shape index (κ3) is 6.39. The molecule has 0 heterocycles. The molecule has 2 rings (SSSR count). The maximum absolute atomic E-state index is 13.0. The second kappa shape index (κ2) is 11.3. The monoisotopic (exact) mass is 418 g/mol. The predicted octanol–water partition coefficient (Wildman–Crippen LogP) is 3.67. The Morgan fingerprint density at radius 3 is 2.31 bits per heavy atom. The van der Waals surface area contributed by atoms with Gasteiger partial charge in [-0.25, -0.2) is 0 Å². The second-order valence-electron chi connectivity index (χ2n) is 6.40. The number of nitrogens with zero attached hydrogens (tertiary/aromatic N) is 1. The summed E-state index contributed by atoms with van der Waals surface area (Å²) in [6.07, 6.45) is 0.477. The molecule has 2 amide bonds. The average molecular weight is 419 g/mol. The molecule has 1 atom stereocenters. The van der Waals surface area contributed by atoms with Crippen LogP contribution in [0.25, 0.3) is 0 Å². The van der Waals surface area contributed by atoms with Crippen LogP contribution in [0.3, 0.4) is 0 Å². The summed E-state index contributed by atoms with van der Waals surface area (Å²) in [6.45, 7) is 4.24. The molecule has 156 valence electrons. The van der Waals surface area contributed by atoms with E-state index in [1.54, 1.807) is 37.4 Å². The minimum absolute atomic E-state index is 0.188. The van der Waals surface area contributed by atoms with E-state index in [9.17, 15) is 9.59 Å². The van der Waals surface area contributed by atoms with Crippen molar-refractivity contribution in [1.82, 2.24) is 10.2 Å². The van der Waals surface area contributed by atoms with E-state index in [4.69, 9.17) is 21.1 Å². The summed E-state index contributed by atoms with van der Waals surface area (Å²) < 4.78 is 10.8. The van der Waals surface area contributed by atoms with Crippen LogP contribution in [-0.4, -0.2) is 43.0 Å². The summed E-state index contributed by atoms with van der Waals surface area (Å²) in [4.78, 5) is 27.1. The van der Waals surface area contributed by atoms with Gasteiger partial charge in [0.05, 0.1) is 7.11 Å². The lowest BCUT2D eigenvalue weighted by Crippen LogP contribution is -2.50. The van der Waals surface area contributed by atoms with E-state index >= 15 is 0 Å². The standard InChI is InChI=1S/C22H27ClN2O4/c1-4-20(22(27)24-5-2)25(14-16-8-6-7-9-19(16)23)21(26)15-29-18-12-10-17(28-3)11-13-18/h6-13,20H,4-5,14-15H2,1-3H3,(H,24,27)/t20-/m1/s1.